The Morgan fingerprint density at radius 3 is 2.50 bits per heavy atom. The van der Waals surface area contributed by atoms with Crippen molar-refractivity contribution >= 4 is 22.7 Å². The van der Waals surface area contributed by atoms with Crippen LogP contribution in [0.1, 0.15) is 50.5 Å². The van der Waals surface area contributed by atoms with Gasteiger partial charge in [0.25, 0.3) is 0 Å². The highest BCUT2D eigenvalue weighted by atomic mass is 32.2. The number of nitrogens with zero attached hydrogens (tertiary/aromatic N) is 1. The van der Waals surface area contributed by atoms with E-state index in [1.165, 1.54) is 78.7 Å². The molecule has 0 spiro atoms. The van der Waals surface area contributed by atoms with Crippen LogP contribution in [0, 0.1) is 6.92 Å². The Bertz CT molecular complexity index is 973. The average Bonchev–Trinajstić information content (AvgIpc) is 3.00. The van der Waals surface area contributed by atoms with Crippen molar-refractivity contribution < 1.29 is 5.11 Å². The smallest absolute Gasteiger partial charge is 0.116 e. The zero-order chi connectivity index (χ0) is 20.9. The fraction of sp³-hybridized carbons (Fsp3) is 0.462. The lowest BCUT2D eigenvalue weighted by Crippen LogP contribution is -2.35. The van der Waals surface area contributed by atoms with Crippen LogP contribution in [0.5, 0.6) is 5.75 Å². The Hall–Kier alpha value is -1.91. The first-order chi connectivity index (χ1) is 14.7. The summed E-state index contributed by atoms with van der Waals surface area (Å²) < 4.78 is 2.46. The number of thioether (sulfide) groups is 1. The fourth-order valence-corrected chi connectivity index (χ4v) is 4.94. The van der Waals surface area contributed by atoms with E-state index in [-0.39, 0.29) is 0 Å². The lowest BCUT2D eigenvalue weighted by Gasteiger charge is -2.26. The molecule has 0 atom stereocenters. The number of rotatable bonds is 10. The SMILES string of the molecule is CSc1ccc(-c2c(C)c3cc(O)ccc3n2CCCCCCNC2CCC2)cc1. The molecule has 1 aromatic heterocycles. The van der Waals surface area contributed by atoms with E-state index in [0.29, 0.717) is 5.75 Å². The Labute approximate surface area is 184 Å². The quantitative estimate of drug-likeness (QED) is 0.280. The zero-order valence-corrected chi connectivity index (χ0v) is 19.1. The maximum Gasteiger partial charge on any atom is 0.116 e. The summed E-state index contributed by atoms with van der Waals surface area (Å²) >= 11 is 1.77. The van der Waals surface area contributed by atoms with Crippen molar-refractivity contribution in [2.24, 2.45) is 0 Å². The van der Waals surface area contributed by atoms with Gasteiger partial charge in [-0.1, -0.05) is 31.4 Å². The molecule has 1 fully saturated rings. The summed E-state index contributed by atoms with van der Waals surface area (Å²) in [5, 5.41) is 14.9. The van der Waals surface area contributed by atoms with E-state index >= 15 is 0 Å². The molecule has 1 saturated carbocycles. The van der Waals surface area contributed by atoms with Gasteiger partial charge >= 0.3 is 0 Å². The molecule has 2 N–H and O–H groups in total. The number of nitrogens with one attached hydrogen (secondary N) is 1. The molecule has 0 aliphatic heterocycles. The Kier molecular flexibility index (Phi) is 7.06. The van der Waals surface area contributed by atoms with Gasteiger partial charge in [0.2, 0.25) is 0 Å². The van der Waals surface area contributed by atoms with Crippen LogP contribution in [0.3, 0.4) is 0 Å². The van der Waals surface area contributed by atoms with Gasteiger partial charge in [-0.25, -0.2) is 0 Å². The molecule has 0 bridgehead atoms. The van der Waals surface area contributed by atoms with Crippen LogP contribution in [0.15, 0.2) is 47.4 Å². The average molecular weight is 423 g/mol. The summed E-state index contributed by atoms with van der Waals surface area (Å²) in [7, 11) is 0. The molecule has 160 valence electrons. The molecule has 0 unspecified atom stereocenters. The van der Waals surface area contributed by atoms with Crippen LogP contribution < -0.4 is 5.32 Å². The summed E-state index contributed by atoms with van der Waals surface area (Å²) in [5.74, 6) is 0.339. The largest absolute Gasteiger partial charge is 0.508 e. The molecule has 1 heterocycles. The molecule has 0 amide bonds. The van der Waals surface area contributed by atoms with E-state index in [0.717, 1.165) is 18.0 Å². The van der Waals surface area contributed by atoms with Crippen molar-refractivity contribution in [3.63, 3.8) is 0 Å². The molecule has 1 aliphatic carbocycles. The van der Waals surface area contributed by atoms with E-state index in [4.69, 9.17) is 0 Å². The number of phenols is 1. The van der Waals surface area contributed by atoms with Crippen molar-refractivity contribution in [2.45, 2.75) is 69.4 Å². The zero-order valence-electron chi connectivity index (χ0n) is 18.3. The van der Waals surface area contributed by atoms with Gasteiger partial charge in [-0.15, -0.1) is 11.8 Å². The highest BCUT2D eigenvalue weighted by molar-refractivity contribution is 7.98. The number of phenolic OH excluding ortho intramolecular Hbond substituents is 1. The van der Waals surface area contributed by atoms with Crippen LogP contribution in [0.25, 0.3) is 22.2 Å². The molecule has 4 rings (SSSR count). The molecule has 0 saturated heterocycles. The number of aromatic hydroxyl groups is 1. The Morgan fingerprint density at radius 2 is 1.80 bits per heavy atom. The van der Waals surface area contributed by atoms with Gasteiger partial charge in [-0.05, 0) is 86.9 Å². The maximum absolute atomic E-state index is 10.0. The summed E-state index contributed by atoms with van der Waals surface area (Å²) in [5.41, 5.74) is 5.02. The third kappa shape index (κ3) is 4.70. The van der Waals surface area contributed by atoms with Crippen LogP contribution in [0.4, 0.5) is 0 Å². The Balaban J connectivity index is 1.47. The monoisotopic (exact) mass is 422 g/mol. The predicted molar refractivity (Wildman–Crippen MR) is 130 cm³/mol. The number of aryl methyl sites for hydroxylation is 2. The van der Waals surface area contributed by atoms with Crippen molar-refractivity contribution in [1.29, 1.82) is 0 Å². The van der Waals surface area contributed by atoms with Gasteiger partial charge in [0.05, 0.1) is 5.69 Å². The summed E-state index contributed by atoms with van der Waals surface area (Å²) in [6, 6.07) is 15.5. The number of unbranched alkanes of at least 4 members (excludes halogenated alkanes) is 3. The first-order valence-electron chi connectivity index (χ1n) is 11.4. The van der Waals surface area contributed by atoms with Crippen molar-refractivity contribution in [1.82, 2.24) is 9.88 Å². The lowest BCUT2D eigenvalue weighted by atomic mass is 9.93. The van der Waals surface area contributed by atoms with E-state index in [1.807, 2.05) is 12.1 Å². The molecule has 4 heteroatoms. The van der Waals surface area contributed by atoms with Gasteiger partial charge in [0.15, 0.2) is 0 Å². The van der Waals surface area contributed by atoms with Crippen molar-refractivity contribution in [3.8, 4) is 17.0 Å². The summed E-state index contributed by atoms with van der Waals surface area (Å²) in [6.07, 6.45) is 11.3. The van der Waals surface area contributed by atoms with E-state index in [2.05, 4.69) is 53.4 Å². The molecule has 3 aromatic rings. The molecular formula is C26H34N2OS. The minimum Gasteiger partial charge on any atom is -0.508 e. The summed E-state index contributed by atoms with van der Waals surface area (Å²) in [4.78, 5) is 1.28. The minimum atomic E-state index is 0.339. The normalized spacial score (nSPS) is 14.3. The molecule has 3 nitrogen and oxygen atoms in total. The van der Waals surface area contributed by atoms with E-state index in [9.17, 15) is 5.11 Å². The molecule has 30 heavy (non-hydrogen) atoms. The molecule has 1 aliphatic rings. The van der Waals surface area contributed by atoms with E-state index < -0.39 is 0 Å². The first kappa shape index (κ1) is 21.3. The first-order valence-corrected chi connectivity index (χ1v) is 12.6. The van der Waals surface area contributed by atoms with Gasteiger partial charge < -0.3 is 15.0 Å². The fourth-order valence-electron chi connectivity index (χ4n) is 4.53. The second-order valence-electron chi connectivity index (χ2n) is 8.55. The molecular weight excluding hydrogens is 388 g/mol. The van der Waals surface area contributed by atoms with Crippen LogP contribution >= 0.6 is 11.8 Å². The number of benzene rings is 2. The molecule has 0 radical (unpaired) electrons. The van der Waals surface area contributed by atoms with Crippen LogP contribution in [-0.2, 0) is 6.54 Å². The standard InChI is InChI=1S/C26H34N2OS/c1-19-24-18-22(29)12-15-25(24)28(26(19)20-10-13-23(30-2)14-11-20)17-6-4-3-5-16-27-21-8-7-9-21/h10-15,18,21,27,29H,3-9,16-17H2,1-2H3. The lowest BCUT2D eigenvalue weighted by molar-refractivity contribution is 0.336. The van der Waals surface area contributed by atoms with Crippen LogP contribution in [0.2, 0.25) is 0 Å². The predicted octanol–water partition coefficient (Wildman–Crippen LogP) is 6.75. The maximum atomic E-state index is 10.0. The number of hydrogen-bond donors (Lipinski definition) is 2. The third-order valence-corrected chi connectivity index (χ3v) is 7.25. The highest BCUT2D eigenvalue weighted by Gasteiger charge is 2.17. The van der Waals surface area contributed by atoms with Gasteiger partial charge in [-0.2, -0.15) is 0 Å². The number of fused-ring (bicyclic) bond motifs is 1. The van der Waals surface area contributed by atoms with Gasteiger partial charge in [0.1, 0.15) is 5.75 Å². The van der Waals surface area contributed by atoms with Crippen molar-refractivity contribution in [3.05, 3.63) is 48.0 Å². The number of hydrogen-bond acceptors (Lipinski definition) is 3. The van der Waals surface area contributed by atoms with Crippen LogP contribution in [-0.4, -0.2) is 28.5 Å². The second-order valence-corrected chi connectivity index (χ2v) is 9.43. The third-order valence-electron chi connectivity index (χ3n) is 6.51. The van der Waals surface area contributed by atoms with Gasteiger partial charge in [-0.3, -0.25) is 0 Å². The minimum absolute atomic E-state index is 0.339. The molecule has 2 aromatic carbocycles. The highest BCUT2D eigenvalue weighted by Crippen LogP contribution is 2.36. The van der Waals surface area contributed by atoms with Crippen molar-refractivity contribution in [2.75, 3.05) is 12.8 Å². The number of aromatic nitrogens is 1. The Morgan fingerprint density at radius 1 is 1.03 bits per heavy atom. The summed E-state index contributed by atoms with van der Waals surface area (Å²) in [6.45, 7) is 4.37. The second kappa shape index (κ2) is 9.93. The topological polar surface area (TPSA) is 37.2 Å². The van der Waals surface area contributed by atoms with Gasteiger partial charge in [0, 0.05) is 28.4 Å². The van der Waals surface area contributed by atoms with E-state index in [1.54, 1.807) is 11.8 Å².